The Balaban J connectivity index is 1.22. The fourth-order valence-electron chi connectivity index (χ4n) is 5.25. The van der Waals surface area contributed by atoms with Gasteiger partial charge in [-0.05, 0) is 70.1 Å². The maximum Gasteiger partial charge on any atom is 0.119 e. The number of halogens is 1. The molecule has 1 aliphatic carbocycles. The Morgan fingerprint density at radius 3 is 2.66 bits per heavy atom. The number of benzene rings is 4. The average molecular weight is 482 g/mol. The molecule has 2 aliphatic rings. The molecule has 1 aliphatic heterocycles. The normalized spacial score (nSPS) is 21.1. The molecule has 4 aromatic carbocycles. The van der Waals surface area contributed by atoms with E-state index >= 15 is 0 Å². The Bertz CT molecular complexity index is 1310. The van der Waals surface area contributed by atoms with Crippen LogP contribution in [0.2, 0.25) is 0 Å². The van der Waals surface area contributed by atoms with E-state index in [1.54, 1.807) is 0 Å². The molecule has 6 rings (SSSR count). The maximum atomic E-state index is 6.16. The van der Waals surface area contributed by atoms with Gasteiger partial charge in [0.25, 0.3) is 0 Å². The predicted molar refractivity (Wildman–Crippen MR) is 135 cm³/mol. The van der Waals surface area contributed by atoms with Gasteiger partial charge < -0.3 is 10.1 Å². The van der Waals surface area contributed by atoms with Crippen molar-refractivity contribution in [2.24, 2.45) is 5.92 Å². The van der Waals surface area contributed by atoms with Gasteiger partial charge in [0, 0.05) is 16.1 Å². The van der Waals surface area contributed by atoms with Gasteiger partial charge in [0.1, 0.15) is 12.4 Å². The topological polar surface area (TPSA) is 21.3 Å². The van der Waals surface area contributed by atoms with Gasteiger partial charge in [0.15, 0.2) is 0 Å². The molecule has 3 heteroatoms. The van der Waals surface area contributed by atoms with E-state index in [1.807, 2.05) is 0 Å². The lowest BCUT2D eigenvalue weighted by Crippen LogP contribution is -2.29. The van der Waals surface area contributed by atoms with E-state index in [1.165, 1.54) is 33.2 Å². The van der Waals surface area contributed by atoms with Crippen molar-refractivity contribution in [3.63, 3.8) is 0 Å². The quantitative estimate of drug-likeness (QED) is 0.298. The van der Waals surface area contributed by atoms with E-state index in [0.29, 0.717) is 24.5 Å². The second-order valence-electron chi connectivity index (χ2n) is 8.70. The predicted octanol–water partition coefficient (Wildman–Crippen LogP) is 8.01. The Morgan fingerprint density at radius 2 is 1.75 bits per heavy atom. The third kappa shape index (κ3) is 3.51. The molecule has 4 aromatic rings. The lowest BCUT2D eigenvalue weighted by molar-refractivity contribution is 0.307. The summed E-state index contributed by atoms with van der Waals surface area (Å²) < 4.78 is 7.30. The largest absolute Gasteiger partial charge is 0.489 e. The first kappa shape index (κ1) is 19.6. The van der Waals surface area contributed by atoms with Crippen LogP contribution in [0.25, 0.3) is 10.8 Å². The molecule has 0 unspecified atom stereocenters. The second kappa shape index (κ2) is 8.14. The molecule has 0 aromatic heterocycles. The number of hydrogen-bond donors (Lipinski definition) is 1. The fraction of sp³-hybridized carbons (Fsp3) is 0.172. The zero-order chi connectivity index (χ0) is 21.5. The summed E-state index contributed by atoms with van der Waals surface area (Å²) in [6.07, 6.45) is 5.82. The van der Waals surface area contributed by atoms with Crippen LogP contribution in [0.1, 0.15) is 35.1 Å². The summed E-state index contributed by atoms with van der Waals surface area (Å²) in [6.45, 7) is 0.569. The minimum Gasteiger partial charge on any atom is -0.489 e. The summed E-state index contributed by atoms with van der Waals surface area (Å²) in [5.74, 6) is 1.92. The third-order valence-corrected chi connectivity index (χ3v) is 7.33. The molecule has 3 atom stereocenters. The number of nitrogens with one attached hydrogen (secondary N) is 1. The van der Waals surface area contributed by atoms with Crippen molar-refractivity contribution in [3.05, 3.63) is 118 Å². The molecule has 1 N–H and O–H groups in total. The van der Waals surface area contributed by atoms with Gasteiger partial charge in [-0.1, -0.05) is 82.7 Å². The van der Waals surface area contributed by atoms with Crippen LogP contribution in [0.3, 0.4) is 0 Å². The zero-order valence-electron chi connectivity index (χ0n) is 17.7. The van der Waals surface area contributed by atoms with Crippen LogP contribution in [0, 0.1) is 5.92 Å². The van der Waals surface area contributed by atoms with Crippen molar-refractivity contribution in [1.82, 2.24) is 0 Å². The second-order valence-corrected chi connectivity index (χ2v) is 9.62. The van der Waals surface area contributed by atoms with Gasteiger partial charge >= 0.3 is 0 Å². The lowest BCUT2D eigenvalue weighted by Gasteiger charge is -2.37. The van der Waals surface area contributed by atoms with Crippen LogP contribution in [0.15, 0.2) is 102 Å². The minimum atomic E-state index is 0.302. The Morgan fingerprint density at radius 1 is 0.906 bits per heavy atom. The van der Waals surface area contributed by atoms with E-state index in [2.05, 4.69) is 118 Å². The summed E-state index contributed by atoms with van der Waals surface area (Å²) in [5, 5.41) is 6.31. The van der Waals surface area contributed by atoms with Gasteiger partial charge in [-0.15, -0.1) is 0 Å². The lowest BCUT2D eigenvalue weighted by atomic mass is 9.77. The highest BCUT2D eigenvalue weighted by atomic mass is 79.9. The van der Waals surface area contributed by atoms with Crippen molar-refractivity contribution in [3.8, 4) is 5.75 Å². The summed E-state index contributed by atoms with van der Waals surface area (Å²) in [6, 6.07) is 30.4. The first-order chi connectivity index (χ1) is 15.8. The van der Waals surface area contributed by atoms with Gasteiger partial charge in [0.05, 0.1) is 6.04 Å². The summed E-state index contributed by atoms with van der Waals surface area (Å²) in [5.41, 5.74) is 5.16. The highest BCUT2D eigenvalue weighted by Crippen LogP contribution is 2.50. The first-order valence-electron chi connectivity index (χ1n) is 11.2. The molecule has 0 saturated carbocycles. The van der Waals surface area contributed by atoms with Gasteiger partial charge in [0.2, 0.25) is 0 Å². The molecule has 0 amide bonds. The monoisotopic (exact) mass is 481 g/mol. The molecular formula is C29H24BrNO. The summed E-state index contributed by atoms with van der Waals surface area (Å²) >= 11 is 3.63. The number of hydrogen-bond acceptors (Lipinski definition) is 2. The smallest absolute Gasteiger partial charge is 0.119 e. The van der Waals surface area contributed by atoms with Crippen molar-refractivity contribution in [2.75, 3.05) is 5.32 Å². The van der Waals surface area contributed by atoms with Crippen LogP contribution in [0.4, 0.5) is 5.69 Å². The van der Waals surface area contributed by atoms with Crippen LogP contribution in [-0.2, 0) is 6.61 Å². The summed E-state index contributed by atoms with van der Waals surface area (Å²) in [4.78, 5) is 0. The van der Waals surface area contributed by atoms with Crippen LogP contribution in [0.5, 0.6) is 5.75 Å². The molecule has 1 heterocycles. The van der Waals surface area contributed by atoms with Gasteiger partial charge in [-0.25, -0.2) is 0 Å². The molecule has 0 bridgehead atoms. The van der Waals surface area contributed by atoms with E-state index in [-0.39, 0.29) is 0 Å². The number of allylic oxidation sites excluding steroid dienone is 2. The molecule has 0 spiro atoms. The van der Waals surface area contributed by atoms with Crippen molar-refractivity contribution >= 4 is 32.4 Å². The highest BCUT2D eigenvalue weighted by molar-refractivity contribution is 9.10. The Hall–Kier alpha value is -3.04. The van der Waals surface area contributed by atoms with Gasteiger partial charge in [-0.2, -0.15) is 0 Å². The van der Waals surface area contributed by atoms with E-state index in [4.69, 9.17) is 4.74 Å². The maximum absolute atomic E-state index is 6.16. The van der Waals surface area contributed by atoms with Crippen molar-refractivity contribution in [1.29, 1.82) is 0 Å². The van der Waals surface area contributed by atoms with E-state index < -0.39 is 0 Å². The number of rotatable bonds is 4. The standard InChI is InChI=1S/C29H24BrNO/c30-22-13-16-28-27(17-22)25-9-4-10-26(25)29(31-28)20-11-14-23(15-12-20)32-18-21-7-3-6-19-5-1-2-8-24(19)21/h1-9,11-17,25-26,29,31H,10,18H2/t25-,26+,29+/m1/s1. The molecule has 2 nitrogen and oxygen atoms in total. The van der Waals surface area contributed by atoms with Crippen LogP contribution < -0.4 is 10.1 Å². The van der Waals surface area contributed by atoms with E-state index in [0.717, 1.165) is 16.6 Å². The SMILES string of the molecule is Brc1ccc2c(c1)[C@@H]1C=CC[C@@H]1[C@H](c1ccc(OCc3cccc4ccccc34)cc1)N2. The molecule has 0 fully saturated rings. The van der Waals surface area contributed by atoms with Crippen LogP contribution >= 0.6 is 15.9 Å². The minimum absolute atomic E-state index is 0.302. The molecule has 32 heavy (non-hydrogen) atoms. The number of ether oxygens (including phenoxy) is 1. The van der Waals surface area contributed by atoms with Crippen molar-refractivity contribution in [2.45, 2.75) is 25.0 Å². The average Bonchev–Trinajstić information content (AvgIpc) is 3.33. The van der Waals surface area contributed by atoms with Crippen LogP contribution in [-0.4, -0.2) is 0 Å². The molecular weight excluding hydrogens is 458 g/mol. The van der Waals surface area contributed by atoms with Crippen molar-refractivity contribution < 1.29 is 4.74 Å². The summed E-state index contributed by atoms with van der Waals surface area (Å²) in [7, 11) is 0. The Kier molecular flexibility index (Phi) is 4.99. The Labute approximate surface area is 197 Å². The highest BCUT2D eigenvalue weighted by Gasteiger charge is 2.37. The fourth-order valence-corrected chi connectivity index (χ4v) is 5.62. The molecule has 158 valence electrons. The zero-order valence-corrected chi connectivity index (χ0v) is 19.3. The molecule has 0 saturated heterocycles. The molecule has 0 radical (unpaired) electrons. The van der Waals surface area contributed by atoms with E-state index in [9.17, 15) is 0 Å². The number of anilines is 1. The number of fused-ring (bicyclic) bond motifs is 4. The van der Waals surface area contributed by atoms with Gasteiger partial charge in [-0.3, -0.25) is 0 Å². The third-order valence-electron chi connectivity index (χ3n) is 6.84. The first-order valence-corrected chi connectivity index (χ1v) is 12.0.